The van der Waals surface area contributed by atoms with Crippen LogP contribution in [0.2, 0.25) is 0 Å². The van der Waals surface area contributed by atoms with Crippen LogP contribution in [-0.2, 0) is 0 Å². The van der Waals surface area contributed by atoms with Crippen LogP contribution >= 0.6 is 0 Å². The fourth-order valence-corrected chi connectivity index (χ4v) is 3.39. The second kappa shape index (κ2) is 5.60. The fourth-order valence-electron chi connectivity index (χ4n) is 3.39. The SMILES string of the molecule is Cc1ccc2nc(C(C)C)c(NC(C)(C)CC(C)(C)C)n2c1. The number of anilines is 1. The van der Waals surface area contributed by atoms with Gasteiger partial charge in [0, 0.05) is 11.7 Å². The summed E-state index contributed by atoms with van der Waals surface area (Å²) in [5.41, 5.74) is 3.71. The first-order chi connectivity index (χ1) is 9.98. The summed E-state index contributed by atoms with van der Waals surface area (Å²) in [7, 11) is 0. The zero-order valence-electron chi connectivity index (χ0n) is 15.4. The Morgan fingerprint density at radius 2 is 1.77 bits per heavy atom. The van der Waals surface area contributed by atoms with E-state index < -0.39 is 0 Å². The summed E-state index contributed by atoms with van der Waals surface area (Å²) in [4.78, 5) is 4.83. The van der Waals surface area contributed by atoms with Crippen LogP contribution in [0.15, 0.2) is 18.3 Å². The third kappa shape index (κ3) is 3.82. The van der Waals surface area contributed by atoms with Gasteiger partial charge in [-0.1, -0.05) is 40.7 Å². The first-order valence-corrected chi connectivity index (χ1v) is 8.25. The van der Waals surface area contributed by atoms with E-state index in [4.69, 9.17) is 4.98 Å². The van der Waals surface area contributed by atoms with Crippen molar-refractivity contribution in [2.75, 3.05) is 5.32 Å². The maximum Gasteiger partial charge on any atom is 0.138 e. The zero-order chi connectivity index (χ0) is 16.7. The number of nitrogens with zero attached hydrogens (tertiary/aromatic N) is 2. The van der Waals surface area contributed by atoms with Crippen LogP contribution in [-0.4, -0.2) is 14.9 Å². The standard InChI is InChI=1S/C19H31N3/c1-13(2)16-17(21-19(7,8)12-18(4,5)6)22-11-14(3)9-10-15(22)20-16/h9-11,13,21H,12H2,1-8H3. The van der Waals surface area contributed by atoms with E-state index in [9.17, 15) is 0 Å². The van der Waals surface area contributed by atoms with E-state index in [1.807, 2.05) is 0 Å². The average Bonchev–Trinajstić information content (AvgIpc) is 2.64. The predicted molar refractivity (Wildman–Crippen MR) is 95.8 cm³/mol. The molecule has 0 spiro atoms. The van der Waals surface area contributed by atoms with E-state index in [0.717, 1.165) is 23.6 Å². The fraction of sp³-hybridized carbons (Fsp3) is 0.632. The van der Waals surface area contributed by atoms with Crippen molar-refractivity contribution in [3.63, 3.8) is 0 Å². The number of pyridine rings is 1. The summed E-state index contributed by atoms with van der Waals surface area (Å²) in [6.07, 6.45) is 3.26. The van der Waals surface area contributed by atoms with E-state index in [1.165, 1.54) is 5.56 Å². The molecule has 0 bridgehead atoms. The monoisotopic (exact) mass is 301 g/mol. The number of rotatable bonds is 4. The molecule has 0 atom stereocenters. The van der Waals surface area contributed by atoms with Crippen molar-refractivity contribution < 1.29 is 0 Å². The lowest BCUT2D eigenvalue weighted by molar-refractivity contribution is 0.301. The van der Waals surface area contributed by atoms with Crippen molar-refractivity contribution >= 4 is 11.5 Å². The first-order valence-electron chi connectivity index (χ1n) is 8.25. The number of imidazole rings is 1. The molecule has 0 saturated heterocycles. The van der Waals surface area contributed by atoms with Gasteiger partial charge in [0.2, 0.25) is 0 Å². The summed E-state index contributed by atoms with van der Waals surface area (Å²) in [5.74, 6) is 1.54. The molecule has 0 unspecified atom stereocenters. The Hall–Kier alpha value is -1.51. The first kappa shape index (κ1) is 16.9. The molecule has 0 aromatic carbocycles. The summed E-state index contributed by atoms with van der Waals surface area (Å²) >= 11 is 0. The molecule has 0 fully saturated rings. The maximum atomic E-state index is 4.83. The Morgan fingerprint density at radius 1 is 1.14 bits per heavy atom. The molecule has 0 aliphatic carbocycles. The number of aromatic nitrogens is 2. The van der Waals surface area contributed by atoms with Gasteiger partial charge in [-0.15, -0.1) is 0 Å². The van der Waals surface area contributed by atoms with Crippen molar-refractivity contribution in [3.8, 4) is 0 Å². The lowest BCUT2D eigenvalue weighted by atomic mass is 9.82. The lowest BCUT2D eigenvalue weighted by Gasteiger charge is -2.34. The smallest absolute Gasteiger partial charge is 0.138 e. The van der Waals surface area contributed by atoms with Gasteiger partial charge in [0.25, 0.3) is 0 Å². The molecule has 0 saturated carbocycles. The number of nitrogens with one attached hydrogen (secondary N) is 1. The number of aryl methyl sites for hydroxylation is 1. The van der Waals surface area contributed by atoms with Gasteiger partial charge in [-0.3, -0.25) is 4.40 Å². The Balaban J connectivity index is 2.48. The molecule has 1 N–H and O–H groups in total. The van der Waals surface area contributed by atoms with Crippen LogP contribution in [0, 0.1) is 12.3 Å². The third-order valence-electron chi connectivity index (χ3n) is 3.77. The molecule has 2 rings (SSSR count). The third-order valence-corrected chi connectivity index (χ3v) is 3.77. The van der Waals surface area contributed by atoms with Crippen LogP contribution < -0.4 is 5.32 Å². The van der Waals surface area contributed by atoms with Crippen molar-refractivity contribution in [2.45, 2.75) is 73.3 Å². The van der Waals surface area contributed by atoms with Crippen LogP contribution in [0.4, 0.5) is 5.82 Å². The second-order valence-corrected chi connectivity index (χ2v) is 8.68. The van der Waals surface area contributed by atoms with Gasteiger partial charge in [-0.2, -0.15) is 0 Å². The average molecular weight is 301 g/mol. The summed E-state index contributed by atoms with van der Waals surface area (Å²) in [6, 6.07) is 4.22. The Labute approximate surface area is 135 Å². The van der Waals surface area contributed by atoms with Crippen molar-refractivity contribution in [1.29, 1.82) is 0 Å². The van der Waals surface area contributed by atoms with Gasteiger partial charge >= 0.3 is 0 Å². The Bertz CT molecular complexity index is 657. The number of hydrogen-bond donors (Lipinski definition) is 1. The summed E-state index contributed by atoms with van der Waals surface area (Å²) in [6.45, 7) is 18.0. The molecule has 0 radical (unpaired) electrons. The molecule has 122 valence electrons. The van der Waals surface area contributed by atoms with Crippen LogP contribution in [0.3, 0.4) is 0 Å². The predicted octanol–water partition coefficient (Wildman–Crippen LogP) is 5.39. The molecule has 0 aliphatic rings. The van der Waals surface area contributed by atoms with E-state index in [2.05, 4.69) is 83.4 Å². The minimum atomic E-state index is 0.0155. The normalized spacial score (nSPS) is 13.1. The molecule has 0 aliphatic heterocycles. The van der Waals surface area contributed by atoms with Crippen molar-refractivity contribution in [3.05, 3.63) is 29.6 Å². The van der Waals surface area contributed by atoms with Gasteiger partial charge < -0.3 is 5.32 Å². The minimum absolute atomic E-state index is 0.0155. The van der Waals surface area contributed by atoms with Gasteiger partial charge in [0.05, 0.1) is 5.69 Å². The Morgan fingerprint density at radius 3 is 2.32 bits per heavy atom. The van der Waals surface area contributed by atoms with E-state index in [1.54, 1.807) is 0 Å². The van der Waals surface area contributed by atoms with Crippen molar-refractivity contribution in [1.82, 2.24) is 9.38 Å². The van der Waals surface area contributed by atoms with Crippen molar-refractivity contribution in [2.24, 2.45) is 5.41 Å². The van der Waals surface area contributed by atoms with E-state index >= 15 is 0 Å². The largest absolute Gasteiger partial charge is 0.365 e. The Kier molecular flexibility index (Phi) is 4.29. The highest BCUT2D eigenvalue weighted by Gasteiger charge is 2.28. The molecular weight excluding hydrogens is 270 g/mol. The second-order valence-electron chi connectivity index (χ2n) is 8.68. The molecule has 2 aromatic rings. The van der Waals surface area contributed by atoms with Crippen LogP contribution in [0.25, 0.3) is 5.65 Å². The maximum absolute atomic E-state index is 4.83. The van der Waals surface area contributed by atoms with Gasteiger partial charge in [0.1, 0.15) is 11.5 Å². The highest BCUT2D eigenvalue weighted by Crippen LogP contribution is 2.33. The quantitative estimate of drug-likeness (QED) is 0.820. The van der Waals surface area contributed by atoms with Crippen LogP contribution in [0.5, 0.6) is 0 Å². The molecule has 2 aromatic heterocycles. The molecule has 2 heterocycles. The highest BCUT2D eigenvalue weighted by atomic mass is 15.2. The minimum Gasteiger partial charge on any atom is -0.365 e. The van der Waals surface area contributed by atoms with E-state index in [0.29, 0.717) is 5.92 Å². The topological polar surface area (TPSA) is 29.3 Å². The number of fused-ring (bicyclic) bond motifs is 1. The molecule has 0 amide bonds. The molecule has 3 nitrogen and oxygen atoms in total. The van der Waals surface area contributed by atoms with Crippen LogP contribution in [0.1, 0.15) is 72.1 Å². The molecule has 22 heavy (non-hydrogen) atoms. The highest BCUT2D eigenvalue weighted by molar-refractivity contribution is 5.57. The molecular formula is C19H31N3. The molecule has 3 heteroatoms. The van der Waals surface area contributed by atoms with Gasteiger partial charge in [-0.25, -0.2) is 4.98 Å². The lowest BCUT2D eigenvalue weighted by Crippen LogP contribution is -2.36. The van der Waals surface area contributed by atoms with Gasteiger partial charge in [0.15, 0.2) is 0 Å². The summed E-state index contributed by atoms with van der Waals surface area (Å²) < 4.78 is 2.20. The van der Waals surface area contributed by atoms with Gasteiger partial charge in [-0.05, 0) is 50.2 Å². The number of hydrogen-bond acceptors (Lipinski definition) is 2. The summed E-state index contributed by atoms with van der Waals surface area (Å²) in [5, 5.41) is 3.78. The van der Waals surface area contributed by atoms with E-state index in [-0.39, 0.29) is 11.0 Å². The zero-order valence-corrected chi connectivity index (χ0v) is 15.4.